The van der Waals surface area contributed by atoms with E-state index < -0.39 is 9.84 Å². The van der Waals surface area contributed by atoms with Crippen LogP contribution in [0, 0.1) is 24.2 Å². The summed E-state index contributed by atoms with van der Waals surface area (Å²) in [4.78, 5) is 15.2. The molecule has 1 aliphatic heterocycles. The molecule has 0 bridgehead atoms. The summed E-state index contributed by atoms with van der Waals surface area (Å²) in [6.45, 7) is 6.46. The van der Waals surface area contributed by atoms with Crippen molar-refractivity contribution in [1.82, 2.24) is 4.90 Å². The lowest BCUT2D eigenvalue weighted by Crippen LogP contribution is -2.42. The summed E-state index contributed by atoms with van der Waals surface area (Å²) in [7, 11) is -3.09. The van der Waals surface area contributed by atoms with Crippen LogP contribution in [0.2, 0.25) is 0 Å². The third kappa shape index (κ3) is 4.52. The van der Waals surface area contributed by atoms with Gasteiger partial charge in [-0.05, 0) is 36.3 Å². The molecule has 3 rings (SSSR count). The van der Waals surface area contributed by atoms with Gasteiger partial charge in [-0.15, -0.1) is 0 Å². The summed E-state index contributed by atoms with van der Waals surface area (Å²) in [5.74, 6) is -0.111. The highest BCUT2D eigenvalue weighted by Gasteiger charge is 2.62. The molecule has 1 heterocycles. The summed E-state index contributed by atoms with van der Waals surface area (Å²) >= 11 is 11.6. The average molecular weight is 430 g/mol. The molecule has 27 heavy (non-hydrogen) atoms. The Morgan fingerprint density at radius 1 is 1.26 bits per heavy atom. The summed E-state index contributed by atoms with van der Waals surface area (Å²) in [6.07, 6.45) is 2.21. The van der Waals surface area contributed by atoms with Gasteiger partial charge in [0, 0.05) is 12.6 Å². The molecule has 1 aromatic carbocycles. The third-order valence-corrected chi connectivity index (χ3v) is 7.89. The second-order valence-corrected chi connectivity index (χ2v) is 11.5. The highest BCUT2D eigenvalue weighted by molar-refractivity contribution is 7.91. The van der Waals surface area contributed by atoms with Crippen molar-refractivity contribution in [2.75, 3.05) is 11.5 Å². The molecule has 2 fully saturated rings. The first-order valence-corrected chi connectivity index (χ1v) is 11.7. The van der Waals surface area contributed by atoms with Gasteiger partial charge in [-0.2, -0.15) is 0 Å². The number of carbonyl (C=O) groups excluding carboxylic acids is 1. The van der Waals surface area contributed by atoms with Crippen LogP contribution in [0.4, 0.5) is 0 Å². The number of carbonyl (C=O) groups is 1. The zero-order valence-corrected chi connectivity index (χ0v) is 18.1. The van der Waals surface area contributed by atoms with Gasteiger partial charge in [-0.25, -0.2) is 8.42 Å². The molecule has 1 saturated carbocycles. The third-order valence-electron chi connectivity index (χ3n) is 5.89. The molecule has 148 valence electrons. The average Bonchev–Trinajstić information content (AvgIpc) is 2.90. The van der Waals surface area contributed by atoms with E-state index in [4.69, 9.17) is 23.2 Å². The van der Waals surface area contributed by atoms with E-state index in [-0.39, 0.29) is 45.2 Å². The van der Waals surface area contributed by atoms with Crippen molar-refractivity contribution in [3.63, 3.8) is 0 Å². The Morgan fingerprint density at radius 3 is 2.41 bits per heavy atom. The Bertz CT molecular complexity index is 858. The molecule has 0 aromatic heterocycles. The largest absolute Gasteiger partial charge is 0.334 e. The maximum atomic E-state index is 13.4. The molecule has 0 N–H and O–H groups in total. The van der Waals surface area contributed by atoms with Crippen molar-refractivity contribution in [2.24, 2.45) is 17.3 Å². The number of hydrogen-bond donors (Lipinski definition) is 0. The maximum absolute atomic E-state index is 13.4. The number of nitrogens with zero attached hydrogens (tertiary/aromatic N) is 1. The zero-order chi connectivity index (χ0) is 20.0. The van der Waals surface area contributed by atoms with E-state index in [0.29, 0.717) is 13.0 Å². The fraction of sp³-hybridized carbons (Fsp3) is 0.550. The van der Waals surface area contributed by atoms with Crippen molar-refractivity contribution in [3.8, 4) is 0 Å². The van der Waals surface area contributed by atoms with Crippen molar-refractivity contribution >= 4 is 38.9 Å². The smallest absolute Gasteiger partial charge is 0.227 e. The van der Waals surface area contributed by atoms with E-state index >= 15 is 0 Å². The van der Waals surface area contributed by atoms with Gasteiger partial charge in [-0.3, -0.25) is 4.79 Å². The van der Waals surface area contributed by atoms with Crippen molar-refractivity contribution in [2.45, 2.75) is 39.8 Å². The van der Waals surface area contributed by atoms with Gasteiger partial charge >= 0.3 is 0 Å². The van der Waals surface area contributed by atoms with Crippen LogP contribution in [0.3, 0.4) is 0 Å². The quantitative estimate of drug-likeness (QED) is 0.707. The predicted octanol–water partition coefficient (Wildman–Crippen LogP) is 4.10. The van der Waals surface area contributed by atoms with Gasteiger partial charge in [0.05, 0.1) is 17.4 Å². The minimum absolute atomic E-state index is 0.0153. The first kappa shape index (κ1) is 20.7. The molecule has 1 saturated heterocycles. The number of rotatable bonds is 5. The number of aryl methyl sites for hydroxylation is 1. The SMILES string of the molecule is Cc1ccc(CN(C(=O)[C@H]2[C@@H](C=C(Cl)Cl)C2(C)C)[C@@H]2CCS(=O)(=O)C2)cc1. The second-order valence-electron chi connectivity index (χ2n) is 8.29. The Morgan fingerprint density at radius 2 is 1.89 bits per heavy atom. The molecule has 7 heteroatoms. The summed E-state index contributed by atoms with van der Waals surface area (Å²) in [5.41, 5.74) is 1.90. The van der Waals surface area contributed by atoms with Crippen molar-refractivity contribution in [3.05, 3.63) is 46.0 Å². The summed E-state index contributed by atoms with van der Waals surface area (Å²) in [6, 6.07) is 7.71. The fourth-order valence-electron chi connectivity index (χ4n) is 4.07. The first-order valence-electron chi connectivity index (χ1n) is 9.10. The number of amides is 1. The molecule has 0 unspecified atom stereocenters. The van der Waals surface area contributed by atoms with Crippen LogP contribution in [0.15, 0.2) is 34.8 Å². The number of hydrogen-bond acceptors (Lipinski definition) is 3. The van der Waals surface area contributed by atoms with Crippen LogP contribution in [0.25, 0.3) is 0 Å². The van der Waals surface area contributed by atoms with Crippen molar-refractivity contribution in [1.29, 1.82) is 0 Å². The number of benzene rings is 1. The maximum Gasteiger partial charge on any atom is 0.227 e. The molecular formula is C20H25Cl2NO3S. The Labute approximate surface area is 171 Å². The Kier molecular flexibility index (Phi) is 5.68. The lowest BCUT2D eigenvalue weighted by atomic mass is 10.1. The molecule has 1 aliphatic carbocycles. The monoisotopic (exact) mass is 429 g/mol. The molecule has 1 amide bonds. The van der Waals surface area contributed by atoms with Gasteiger partial charge in [0.2, 0.25) is 5.91 Å². The Balaban J connectivity index is 1.86. The van der Waals surface area contributed by atoms with E-state index in [1.165, 1.54) is 0 Å². The molecule has 4 nitrogen and oxygen atoms in total. The lowest BCUT2D eigenvalue weighted by Gasteiger charge is -2.29. The fourth-order valence-corrected chi connectivity index (χ4v) is 6.08. The van der Waals surface area contributed by atoms with Gasteiger partial charge in [0.15, 0.2) is 9.84 Å². The van der Waals surface area contributed by atoms with Crippen LogP contribution in [-0.4, -0.2) is 36.8 Å². The highest BCUT2D eigenvalue weighted by atomic mass is 35.5. The van der Waals surface area contributed by atoms with Crippen LogP contribution in [-0.2, 0) is 21.2 Å². The standard InChI is InChI=1S/C20H25Cl2NO3S/c1-13-4-6-14(7-5-13)11-23(15-8-9-27(25,26)12-15)19(24)18-16(10-17(21)22)20(18,2)3/h4-7,10,15-16,18H,8-9,11-12H2,1-3H3/t15-,16-,18-/m1/s1. The molecule has 0 radical (unpaired) electrons. The highest BCUT2D eigenvalue weighted by Crippen LogP contribution is 2.60. The molecule has 3 atom stereocenters. The summed E-state index contributed by atoms with van der Waals surface area (Å²) in [5, 5.41) is 0. The van der Waals surface area contributed by atoms with Crippen LogP contribution in [0.5, 0.6) is 0 Å². The van der Waals surface area contributed by atoms with Crippen LogP contribution < -0.4 is 0 Å². The van der Waals surface area contributed by atoms with E-state index in [1.807, 2.05) is 45.0 Å². The topological polar surface area (TPSA) is 54.5 Å². The van der Waals surface area contributed by atoms with E-state index in [2.05, 4.69) is 0 Å². The predicted molar refractivity (Wildman–Crippen MR) is 109 cm³/mol. The number of halogens is 2. The van der Waals surface area contributed by atoms with Gasteiger partial charge in [0.1, 0.15) is 4.49 Å². The van der Waals surface area contributed by atoms with E-state index in [1.54, 1.807) is 11.0 Å². The van der Waals surface area contributed by atoms with Gasteiger partial charge in [-0.1, -0.05) is 66.9 Å². The molecule has 1 aromatic rings. The minimum atomic E-state index is -3.09. The zero-order valence-electron chi connectivity index (χ0n) is 15.8. The van der Waals surface area contributed by atoms with Crippen molar-refractivity contribution < 1.29 is 13.2 Å². The summed E-state index contributed by atoms with van der Waals surface area (Å²) < 4.78 is 24.2. The van der Waals surface area contributed by atoms with E-state index in [0.717, 1.165) is 11.1 Å². The van der Waals surface area contributed by atoms with Crippen LogP contribution >= 0.6 is 23.2 Å². The normalized spacial score (nSPS) is 27.8. The molecule has 2 aliphatic rings. The van der Waals surface area contributed by atoms with Crippen LogP contribution in [0.1, 0.15) is 31.4 Å². The first-order chi connectivity index (χ1) is 12.5. The second kappa shape index (κ2) is 7.41. The molecule has 0 spiro atoms. The number of allylic oxidation sites excluding steroid dienone is 1. The molecular weight excluding hydrogens is 405 g/mol. The minimum Gasteiger partial charge on any atom is -0.334 e. The number of sulfone groups is 1. The van der Waals surface area contributed by atoms with E-state index in [9.17, 15) is 13.2 Å². The Hall–Kier alpha value is -1.04. The van der Waals surface area contributed by atoms with Gasteiger partial charge < -0.3 is 4.90 Å². The lowest BCUT2D eigenvalue weighted by molar-refractivity contribution is -0.136. The van der Waals surface area contributed by atoms with Gasteiger partial charge in [0.25, 0.3) is 0 Å².